The Kier molecular flexibility index (Phi) is 8.32. The average Bonchev–Trinajstić information content (AvgIpc) is 2.63. The third kappa shape index (κ3) is 6.78. The predicted octanol–water partition coefficient (Wildman–Crippen LogP) is 2.25. The van der Waals surface area contributed by atoms with Crippen molar-refractivity contribution >= 4 is 11.6 Å². The topological polar surface area (TPSA) is 42.9 Å². The van der Waals surface area contributed by atoms with E-state index in [-0.39, 0.29) is 0 Å². The number of aliphatic imine (C=N–C) groups is 1. The van der Waals surface area contributed by atoms with E-state index in [2.05, 4.69) is 70.1 Å². The number of rotatable bonds is 8. The smallest absolute Gasteiger partial charge is 0.191 e. The molecule has 5 nitrogen and oxygen atoms in total. The molecule has 0 unspecified atom stereocenters. The fraction of sp³-hybridized carbons (Fsp3) is 0.550. The molecule has 1 heterocycles. The standard InChI is InChI=1S/C20H33N5/c1-4-10-22-20(21-5-2)23-11-7-12-24-13-15-25(16-14-24)19-9-6-8-18(3)17-19/h4,6,8-9,17H,1,5,7,10-16H2,2-3H3,(H2,21,22,23). The number of aryl methyl sites for hydroxylation is 1. The van der Waals surface area contributed by atoms with Crippen LogP contribution in [0, 0.1) is 6.92 Å². The number of hydrogen-bond donors (Lipinski definition) is 2. The molecule has 2 rings (SSSR count). The van der Waals surface area contributed by atoms with Gasteiger partial charge in [0.15, 0.2) is 5.96 Å². The van der Waals surface area contributed by atoms with Gasteiger partial charge in [-0.25, -0.2) is 0 Å². The molecule has 0 spiro atoms. The van der Waals surface area contributed by atoms with Crippen molar-refractivity contribution in [3.8, 4) is 0 Å². The van der Waals surface area contributed by atoms with Crippen LogP contribution in [0.5, 0.6) is 0 Å². The van der Waals surface area contributed by atoms with Crippen LogP contribution in [0.3, 0.4) is 0 Å². The highest BCUT2D eigenvalue weighted by Crippen LogP contribution is 2.17. The van der Waals surface area contributed by atoms with Crippen molar-refractivity contribution in [3.63, 3.8) is 0 Å². The van der Waals surface area contributed by atoms with Gasteiger partial charge in [0.25, 0.3) is 0 Å². The summed E-state index contributed by atoms with van der Waals surface area (Å²) in [5, 5.41) is 6.49. The quantitative estimate of drug-likeness (QED) is 0.329. The van der Waals surface area contributed by atoms with Crippen LogP contribution >= 0.6 is 0 Å². The molecule has 0 bridgehead atoms. The van der Waals surface area contributed by atoms with Gasteiger partial charge in [0.1, 0.15) is 0 Å². The highest BCUT2D eigenvalue weighted by atomic mass is 15.3. The maximum absolute atomic E-state index is 4.62. The highest BCUT2D eigenvalue weighted by Gasteiger charge is 2.16. The van der Waals surface area contributed by atoms with Crippen LogP contribution in [0.1, 0.15) is 18.9 Å². The van der Waals surface area contributed by atoms with E-state index in [0.29, 0.717) is 0 Å². The Morgan fingerprint density at radius 2 is 2.04 bits per heavy atom. The summed E-state index contributed by atoms with van der Waals surface area (Å²) in [6.45, 7) is 16.0. The maximum atomic E-state index is 4.62. The van der Waals surface area contributed by atoms with E-state index < -0.39 is 0 Å². The number of benzene rings is 1. The van der Waals surface area contributed by atoms with Gasteiger partial charge in [-0.05, 0) is 38.0 Å². The van der Waals surface area contributed by atoms with Gasteiger partial charge in [0.2, 0.25) is 0 Å². The number of anilines is 1. The van der Waals surface area contributed by atoms with Gasteiger partial charge in [0, 0.05) is 58.0 Å². The zero-order valence-electron chi connectivity index (χ0n) is 15.8. The Labute approximate surface area is 152 Å². The van der Waals surface area contributed by atoms with Gasteiger partial charge in [-0.1, -0.05) is 18.2 Å². The Bertz CT molecular complexity index is 547. The van der Waals surface area contributed by atoms with Crippen LogP contribution in [0.4, 0.5) is 5.69 Å². The molecule has 1 aliphatic rings. The number of piperazine rings is 1. The van der Waals surface area contributed by atoms with Crippen LogP contribution in [-0.2, 0) is 0 Å². The number of hydrogen-bond acceptors (Lipinski definition) is 3. The lowest BCUT2D eigenvalue weighted by Gasteiger charge is -2.36. The van der Waals surface area contributed by atoms with Gasteiger partial charge in [0.05, 0.1) is 0 Å². The van der Waals surface area contributed by atoms with Gasteiger partial charge < -0.3 is 15.5 Å². The lowest BCUT2D eigenvalue weighted by molar-refractivity contribution is 0.256. The molecule has 1 fully saturated rings. The second kappa shape index (κ2) is 10.8. The summed E-state index contributed by atoms with van der Waals surface area (Å²) in [5.74, 6) is 0.881. The first-order chi connectivity index (χ1) is 12.2. The predicted molar refractivity (Wildman–Crippen MR) is 109 cm³/mol. The van der Waals surface area contributed by atoms with Gasteiger partial charge in [-0.15, -0.1) is 6.58 Å². The monoisotopic (exact) mass is 343 g/mol. The molecule has 1 aliphatic heterocycles. The van der Waals surface area contributed by atoms with Crippen molar-refractivity contribution in [1.29, 1.82) is 0 Å². The van der Waals surface area contributed by atoms with Gasteiger partial charge >= 0.3 is 0 Å². The molecule has 1 aromatic carbocycles. The summed E-state index contributed by atoms with van der Waals surface area (Å²) >= 11 is 0. The third-order valence-corrected chi connectivity index (χ3v) is 4.40. The zero-order chi connectivity index (χ0) is 17.9. The van der Waals surface area contributed by atoms with Crippen molar-refractivity contribution < 1.29 is 0 Å². The van der Waals surface area contributed by atoms with E-state index in [1.54, 1.807) is 0 Å². The average molecular weight is 344 g/mol. The molecule has 0 saturated carbocycles. The fourth-order valence-corrected chi connectivity index (χ4v) is 3.05. The molecule has 2 N–H and O–H groups in total. The summed E-state index contributed by atoms with van der Waals surface area (Å²) in [6, 6.07) is 8.81. The van der Waals surface area contributed by atoms with Gasteiger partial charge in [-0.3, -0.25) is 9.89 Å². The SMILES string of the molecule is C=CCNC(=NCCCN1CCN(c2cccc(C)c2)CC1)NCC. The summed E-state index contributed by atoms with van der Waals surface area (Å²) in [4.78, 5) is 9.65. The Hall–Kier alpha value is -2.01. The third-order valence-electron chi connectivity index (χ3n) is 4.40. The minimum absolute atomic E-state index is 0.743. The van der Waals surface area contributed by atoms with E-state index in [1.165, 1.54) is 11.3 Å². The van der Waals surface area contributed by atoms with Crippen molar-refractivity contribution in [2.24, 2.45) is 4.99 Å². The van der Waals surface area contributed by atoms with Crippen LogP contribution in [0.15, 0.2) is 41.9 Å². The second-order valence-corrected chi connectivity index (χ2v) is 6.45. The summed E-state index contributed by atoms with van der Waals surface area (Å²) in [6.07, 6.45) is 2.94. The lowest BCUT2D eigenvalue weighted by atomic mass is 10.2. The number of nitrogens with one attached hydrogen (secondary N) is 2. The van der Waals surface area contributed by atoms with E-state index >= 15 is 0 Å². The lowest BCUT2D eigenvalue weighted by Crippen LogP contribution is -2.46. The molecule has 25 heavy (non-hydrogen) atoms. The van der Waals surface area contributed by atoms with E-state index in [4.69, 9.17) is 0 Å². The Morgan fingerprint density at radius 3 is 2.72 bits per heavy atom. The summed E-state index contributed by atoms with van der Waals surface area (Å²) in [5.41, 5.74) is 2.69. The minimum Gasteiger partial charge on any atom is -0.369 e. The zero-order valence-corrected chi connectivity index (χ0v) is 15.8. The van der Waals surface area contributed by atoms with Crippen molar-refractivity contribution in [1.82, 2.24) is 15.5 Å². The normalized spacial score (nSPS) is 15.9. The number of guanidine groups is 1. The summed E-state index contributed by atoms with van der Waals surface area (Å²) < 4.78 is 0. The molecule has 0 aliphatic carbocycles. The van der Waals surface area contributed by atoms with Crippen LogP contribution < -0.4 is 15.5 Å². The Morgan fingerprint density at radius 1 is 1.24 bits per heavy atom. The van der Waals surface area contributed by atoms with Gasteiger partial charge in [-0.2, -0.15) is 0 Å². The Balaban J connectivity index is 1.68. The molecule has 138 valence electrons. The first kappa shape index (κ1) is 19.3. The summed E-state index contributed by atoms with van der Waals surface area (Å²) in [7, 11) is 0. The molecule has 0 amide bonds. The molecule has 5 heteroatoms. The fourth-order valence-electron chi connectivity index (χ4n) is 3.05. The molecule has 1 saturated heterocycles. The molecule has 0 atom stereocenters. The van der Waals surface area contributed by atoms with E-state index in [0.717, 1.165) is 64.7 Å². The minimum atomic E-state index is 0.743. The van der Waals surface area contributed by atoms with Crippen LogP contribution in [0.2, 0.25) is 0 Å². The van der Waals surface area contributed by atoms with Crippen LogP contribution in [0.25, 0.3) is 0 Å². The molecular formula is C20H33N5. The highest BCUT2D eigenvalue weighted by molar-refractivity contribution is 5.79. The van der Waals surface area contributed by atoms with Crippen molar-refractivity contribution in [2.75, 3.05) is 57.3 Å². The maximum Gasteiger partial charge on any atom is 0.191 e. The van der Waals surface area contributed by atoms with Crippen molar-refractivity contribution in [3.05, 3.63) is 42.5 Å². The second-order valence-electron chi connectivity index (χ2n) is 6.45. The largest absolute Gasteiger partial charge is 0.369 e. The van der Waals surface area contributed by atoms with E-state index in [9.17, 15) is 0 Å². The molecule has 0 radical (unpaired) electrons. The van der Waals surface area contributed by atoms with Crippen LogP contribution in [-0.4, -0.2) is 63.2 Å². The molecule has 1 aromatic rings. The first-order valence-electron chi connectivity index (χ1n) is 9.40. The first-order valence-corrected chi connectivity index (χ1v) is 9.40. The molecular weight excluding hydrogens is 310 g/mol. The number of nitrogens with zero attached hydrogens (tertiary/aromatic N) is 3. The van der Waals surface area contributed by atoms with Crippen molar-refractivity contribution in [2.45, 2.75) is 20.3 Å². The van der Waals surface area contributed by atoms with E-state index in [1.807, 2.05) is 6.08 Å². The molecule has 0 aromatic heterocycles.